The average Bonchev–Trinajstić information content (AvgIpc) is 2.99. The van der Waals surface area contributed by atoms with Crippen molar-refractivity contribution >= 4 is 11.7 Å². The molecule has 5 heteroatoms. The molecule has 2 aliphatic rings. The van der Waals surface area contributed by atoms with Crippen LogP contribution in [0.4, 0.5) is 10.5 Å². The lowest BCUT2D eigenvalue weighted by molar-refractivity contribution is -0.107. The lowest BCUT2D eigenvalue weighted by Crippen LogP contribution is -2.67. The van der Waals surface area contributed by atoms with Gasteiger partial charge in [-0.25, -0.2) is 4.79 Å². The Bertz CT molecular complexity index is 618. The zero-order valence-corrected chi connectivity index (χ0v) is 13.5. The Labute approximate surface area is 136 Å². The normalized spacial score (nSPS) is 27.3. The highest BCUT2D eigenvalue weighted by molar-refractivity contribution is 5.89. The predicted octanol–water partition coefficient (Wildman–Crippen LogP) is 2.63. The van der Waals surface area contributed by atoms with Gasteiger partial charge in [0.15, 0.2) is 0 Å². The minimum Gasteiger partial charge on any atom is -0.481 e. The Morgan fingerprint density at radius 3 is 2.87 bits per heavy atom. The molecule has 0 spiro atoms. The third kappa shape index (κ3) is 2.99. The number of terminal acetylenes is 1. The number of urea groups is 1. The van der Waals surface area contributed by atoms with E-state index >= 15 is 0 Å². The number of ether oxygens (including phenoxy) is 2. The molecule has 23 heavy (non-hydrogen) atoms. The highest BCUT2D eigenvalue weighted by atomic mass is 16.5. The van der Waals surface area contributed by atoms with Gasteiger partial charge in [-0.1, -0.05) is 19.8 Å². The van der Waals surface area contributed by atoms with E-state index in [4.69, 9.17) is 15.9 Å². The number of carbonyl (C=O) groups excluding carboxylic acids is 1. The van der Waals surface area contributed by atoms with Crippen molar-refractivity contribution in [2.24, 2.45) is 11.3 Å². The largest absolute Gasteiger partial charge is 0.481 e. The average molecular weight is 314 g/mol. The third-order valence-corrected chi connectivity index (χ3v) is 4.82. The van der Waals surface area contributed by atoms with E-state index in [9.17, 15) is 4.79 Å². The summed E-state index contributed by atoms with van der Waals surface area (Å²) in [5.74, 6) is 3.52. The molecule has 3 unspecified atom stereocenters. The Kier molecular flexibility index (Phi) is 4.18. The minimum absolute atomic E-state index is 0.0224. The van der Waals surface area contributed by atoms with Gasteiger partial charge in [0.1, 0.15) is 12.4 Å². The number of amides is 2. The molecule has 0 bridgehead atoms. The number of rotatable bonds is 4. The summed E-state index contributed by atoms with van der Waals surface area (Å²) in [6.45, 7) is 5.30. The van der Waals surface area contributed by atoms with Crippen LogP contribution in [-0.2, 0) is 4.74 Å². The quantitative estimate of drug-likeness (QED) is 0.840. The van der Waals surface area contributed by atoms with Crippen LogP contribution in [0.2, 0.25) is 0 Å². The lowest BCUT2D eigenvalue weighted by Gasteiger charge is -2.54. The van der Waals surface area contributed by atoms with Gasteiger partial charge in [-0.15, -0.1) is 6.42 Å². The third-order valence-electron chi connectivity index (χ3n) is 4.82. The summed E-state index contributed by atoms with van der Waals surface area (Å²) in [5, 5.41) is 5.94. The number of carbonyl (C=O) groups is 1. The van der Waals surface area contributed by atoms with Crippen molar-refractivity contribution in [2.45, 2.75) is 32.4 Å². The molecule has 0 radical (unpaired) electrons. The Morgan fingerprint density at radius 2 is 2.17 bits per heavy atom. The molecular formula is C18H22N2O3. The van der Waals surface area contributed by atoms with Gasteiger partial charge in [0.05, 0.1) is 6.10 Å². The van der Waals surface area contributed by atoms with Crippen LogP contribution >= 0.6 is 0 Å². The molecule has 1 aromatic rings. The van der Waals surface area contributed by atoms with E-state index in [2.05, 4.69) is 30.4 Å². The zero-order valence-electron chi connectivity index (χ0n) is 13.5. The maximum absolute atomic E-state index is 12.2. The maximum atomic E-state index is 12.2. The fourth-order valence-electron chi connectivity index (χ4n) is 3.69. The second-order valence-electron chi connectivity index (χ2n) is 6.66. The number of benzene rings is 1. The Hall–Kier alpha value is -2.19. The second-order valence-corrected chi connectivity index (χ2v) is 6.66. The first kappa shape index (κ1) is 15.7. The van der Waals surface area contributed by atoms with Gasteiger partial charge in [-0.3, -0.25) is 0 Å². The summed E-state index contributed by atoms with van der Waals surface area (Å²) in [6.07, 6.45) is 6.43. The van der Waals surface area contributed by atoms with Crippen molar-refractivity contribution in [1.82, 2.24) is 5.32 Å². The number of fused-ring (bicyclic) bond motifs is 1. The van der Waals surface area contributed by atoms with Crippen LogP contribution in [-0.4, -0.2) is 31.4 Å². The van der Waals surface area contributed by atoms with Gasteiger partial charge in [0.2, 0.25) is 0 Å². The molecule has 3 atom stereocenters. The van der Waals surface area contributed by atoms with Crippen molar-refractivity contribution in [3.8, 4) is 18.1 Å². The van der Waals surface area contributed by atoms with E-state index < -0.39 is 0 Å². The molecule has 1 aromatic carbocycles. The van der Waals surface area contributed by atoms with Crippen LogP contribution < -0.4 is 15.4 Å². The predicted molar refractivity (Wildman–Crippen MR) is 88.3 cm³/mol. The smallest absolute Gasteiger partial charge is 0.319 e. The summed E-state index contributed by atoms with van der Waals surface area (Å²) >= 11 is 0. The van der Waals surface area contributed by atoms with Crippen LogP contribution in [0.3, 0.4) is 0 Å². The Balaban J connectivity index is 1.54. The van der Waals surface area contributed by atoms with Crippen LogP contribution in [0.5, 0.6) is 5.75 Å². The Morgan fingerprint density at radius 1 is 1.43 bits per heavy atom. The molecule has 1 heterocycles. The number of hydrogen-bond acceptors (Lipinski definition) is 3. The van der Waals surface area contributed by atoms with Crippen LogP contribution in [0.15, 0.2) is 24.3 Å². The van der Waals surface area contributed by atoms with Gasteiger partial charge < -0.3 is 20.1 Å². The van der Waals surface area contributed by atoms with Crippen molar-refractivity contribution in [3.63, 3.8) is 0 Å². The first-order valence-corrected chi connectivity index (χ1v) is 7.88. The number of hydrogen-bond donors (Lipinski definition) is 2. The number of anilines is 1. The molecule has 0 aromatic heterocycles. The first-order valence-electron chi connectivity index (χ1n) is 7.88. The van der Waals surface area contributed by atoms with Gasteiger partial charge in [0.25, 0.3) is 0 Å². The summed E-state index contributed by atoms with van der Waals surface area (Å²) in [4.78, 5) is 12.2. The van der Waals surface area contributed by atoms with Gasteiger partial charge >= 0.3 is 6.03 Å². The molecule has 2 fully saturated rings. The monoisotopic (exact) mass is 314 g/mol. The summed E-state index contributed by atoms with van der Waals surface area (Å²) in [5.41, 5.74) is 0.692. The fourth-order valence-corrected chi connectivity index (χ4v) is 3.69. The summed E-state index contributed by atoms with van der Waals surface area (Å²) in [6, 6.07) is 7.10. The van der Waals surface area contributed by atoms with E-state index in [1.807, 2.05) is 0 Å². The molecule has 1 aliphatic carbocycles. The van der Waals surface area contributed by atoms with E-state index in [0.717, 1.165) is 13.0 Å². The van der Waals surface area contributed by atoms with Crippen molar-refractivity contribution in [3.05, 3.63) is 24.3 Å². The molecule has 3 rings (SSSR count). The topological polar surface area (TPSA) is 59.6 Å². The van der Waals surface area contributed by atoms with Crippen molar-refractivity contribution < 1.29 is 14.3 Å². The fraction of sp³-hybridized carbons (Fsp3) is 0.500. The van der Waals surface area contributed by atoms with Crippen molar-refractivity contribution in [2.75, 3.05) is 18.5 Å². The van der Waals surface area contributed by atoms with E-state index in [1.165, 1.54) is 0 Å². The minimum atomic E-state index is -0.189. The highest BCUT2D eigenvalue weighted by Crippen LogP contribution is 2.52. The first-order chi connectivity index (χ1) is 11.0. The van der Waals surface area contributed by atoms with Gasteiger partial charge in [-0.05, 0) is 30.7 Å². The molecule has 122 valence electrons. The highest BCUT2D eigenvalue weighted by Gasteiger charge is 2.59. The van der Waals surface area contributed by atoms with E-state index in [1.54, 1.807) is 24.3 Å². The molecule has 1 aliphatic heterocycles. The maximum Gasteiger partial charge on any atom is 0.319 e. The lowest BCUT2D eigenvalue weighted by atomic mass is 9.57. The SMILES string of the molecule is C#CCOc1ccc(NC(=O)NC2C3CCOC3C2(C)C)cc1. The van der Waals surface area contributed by atoms with Gasteiger partial charge in [-0.2, -0.15) is 0 Å². The van der Waals surface area contributed by atoms with Gasteiger partial charge in [0, 0.05) is 29.7 Å². The standard InChI is InChI=1S/C18H22N2O3/c1-4-10-22-13-7-5-12(6-8-13)19-17(21)20-15-14-9-11-23-16(14)18(15,2)3/h1,5-8,14-16H,9-11H2,2-3H3,(H2,19,20,21). The molecule has 2 N–H and O–H groups in total. The molecule has 2 amide bonds. The van der Waals surface area contributed by atoms with Crippen LogP contribution in [0.1, 0.15) is 20.3 Å². The zero-order chi connectivity index (χ0) is 16.4. The second kappa shape index (κ2) is 6.13. The van der Waals surface area contributed by atoms with Crippen LogP contribution in [0.25, 0.3) is 0 Å². The van der Waals surface area contributed by atoms with E-state index in [-0.39, 0.29) is 30.2 Å². The summed E-state index contributed by atoms with van der Waals surface area (Å²) < 4.78 is 11.0. The number of nitrogens with one attached hydrogen (secondary N) is 2. The summed E-state index contributed by atoms with van der Waals surface area (Å²) in [7, 11) is 0. The van der Waals surface area contributed by atoms with Crippen LogP contribution in [0, 0.1) is 23.7 Å². The molecule has 5 nitrogen and oxygen atoms in total. The molecular weight excluding hydrogens is 292 g/mol. The van der Waals surface area contributed by atoms with E-state index in [0.29, 0.717) is 17.4 Å². The molecule has 1 saturated heterocycles. The molecule has 1 saturated carbocycles. The van der Waals surface area contributed by atoms with Crippen molar-refractivity contribution in [1.29, 1.82) is 0 Å².